The van der Waals surface area contributed by atoms with E-state index in [4.69, 9.17) is 0 Å². The molecule has 9 aromatic carbocycles. The number of fused-ring (bicyclic) bond motifs is 5. The summed E-state index contributed by atoms with van der Waals surface area (Å²) in [5.74, 6) is 0. The molecule has 0 fully saturated rings. The highest BCUT2D eigenvalue weighted by atomic mass is 15.2. The van der Waals surface area contributed by atoms with Crippen molar-refractivity contribution in [2.45, 2.75) is 112 Å². The molecule has 0 radical (unpaired) electrons. The molecule has 0 saturated carbocycles. The van der Waals surface area contributed by atoms with E-state index in [1.165, 1.54) is 88.9 Å². The fraction of sp³-hybridized carbons (Fsp3) is 0.246. The van der Waals surface area contributed by atoms with E-state index in [0.29, 0.717) is 0 Å². The smallest absolute Gasteiger partial charge is 0.252 e. The Morgan fingerprint density at radius 2 is 0.822 bits per heavy atom. The molecular weight excluding hydrogens is 882 g/mol. The van der Waals surface area contributed by atoms with Crippen molar-refractivity contribution in [3.8, 4) is 11.1 Å². The summed E-state index contributed by atoms with van der Waals surface area (Å²) in [6.07, 6.45) is 0. The zero-order valence-corrected chi connectivity index (χ0v) is 45.3. The van der Waals surface area contributed by atoms with Gasteiger partial charge < -0.3 is 14.7 Å². The number of benzene rings is 9. The van der Waals surface area contributed by atoms with E-state index in [0.717, 1.165) is 28.4 Å². The molecular formula is C69H70BN3. The number of aryl methyl sites for hydroxylation is 1. The van der Waals surface area contributed by atoms with Gasteiger partial charge in [0.2, 0.25) is 0 Å². The van der Waals surface area contributed by atoms with Crippen LogP contribution in [0, 0.1) is 6.92 Å². The summed E-state index contributed by atoms with van der Waals surface area (Å²) in [5.41, 5.74) is 23.1. The minimum absolute atomic E-state index is 0.00678. The van der Waals surface area contributed by atoms with Gasteiger partial charge in [-0.25, -0.2) is 0 Å². The van der Waals surface area contributed by atoms with Crippen LogP contribution in [0.2, 0.25) is 0 Å². The minimum Gasteiger partial charge on any atom is -0.311 e. The van der Waals surface area contributed by atoms with E-state index in [-0.39, 0.29) is 28.4 Å². The van der Waals surface area contributed by atoms with Gasteiger partial charge in [-0.15, -0.1) is 0 Å². The molecule has 73 heavy (non-hydrogen) atoms. The van der Waals surface area contributed by atoms with E-state index in [2.05, 4.69) is 293 Å². The first kappa shape index (κ1) is 48.0. The lowest BCUT2D eigenvalue weighted by Gasteiger charge is -2.45. The molecule has 2 aliphatic heterocycles. The molecule has 2 aliphatic rings. The van der Waals surface area contributed by atoms with Gasteiger partial charge in [-0.1, -0.05) is 210 Å². The van der Waals surface area contributed by atoms with Crippen molar-refractivity contribution in [2.75, 3.05) is 14.7 Å². The Morgan fingerprint density at radius 3 is 1.32 bits per heavy atom. The Hall–Kier alpha value is -7.30. The normalized spacial score (nSPS) is 13.5. The number of nitrogens with zero attached hydrogens (tertiary/aromatic N) is 3. The predicted molar refractivity (Wildman–Crippen MR) is 318 cm³/mol. The van der Waals surface area contributed by atoms with Crippen LogP contribution in [0.25, 0.3) is 21.9 Å². The molecule has 0 aliphatic carbocycles. The van der Waals surface area contributed by atoms with Crippen LogP contribution in [0.3, 0.4) is 0 Å². The second kappa shape index (κ2) is 17.4. The molecule has 11 rings (SSSR count). The standard InChI is InChI=1S/C69H70BN3/c1-45-22-24-47(25-23-45)57-20-16-17-21-60(57)71(55-33-26-46-18-14-15-19-48(46)40-55)56-43-63-65-64(44-56)73(54-36-29-50(30-37-54)67(5,6)7)62-39-32-52(69(11,12)13)42-59(62)70(65)58-41-51(68(8,9)10)31-38-61(58)72(63)53-34-27-49(28-35-53)66(2,3)4/h14-44H,1-13H3. The summed E-state index contributed by atoms with van der Waals surface area (Å²) < 4.78 is 0. The molecule has 4 heteroatoms. The van der Waals surface area contributed by atoms with E-state index in [9.17, 15) is 0 Å². The maximum absolute atomic E-state index is 2.58. The van der Waals surface area contributed by atoms with Crippen LogP contribution in [0.5, 0.6) is 0 Å². The number of anilines is 9. The second-order valence-corrected chi connectivity index (χ2v) is 24.9. The van der Waals surface area contributed by atoms with Gasteiger partial charge in [-0.05, 0) is 150 Å². The SMILES string of the molecule is Cc1ccc(-c2ccccc2N(c2cc3c4c(c2)N(c2ccc(C(C)(C)C)cc2)c2ccc(C(C)(C)C)cc2B4c2cc(C(C)(C)C)ccc2N3c2ccc(C(C)(C)C)cc2)c2ccc3ccccc3c2)cc1. The van der Waals surface area contributed by atoms with Crippen LogP contribution in [0.1, 0.15) is 111 Å². The molecule has 0 N–H and O–H groups in total. The number of para-hydroxylation sites is 1. The lowest BCUT2D eigenvalue weighted by Crippen LogP contribution is -2.61. The molecule has 0 atom stereocenters. The van der Waals surface area contributed by atoms with E-state index in [1.54, 1.807) is 0 Å². The molecule has 364 valence electrons. The first-order valence-electron chi connectivity index (χ1n) is 26.4. The molecule has 0 unspecified atom stereocenters. The summed E-state index contributed by atoms with van der Waals surface area (Å²) >= 11 is 0. The largest absolute Gasteiger partial charge is 0.311 e. The average Bonchev–Trinajstić information content (AvgIpc) is 3.35. The molecule has 0 aromatic heterocycles. The van der Waals surface area contributed by atoms with Crippen molar-refractivity contribution in [1.29, 1.82) is 0 Å². The Labute approximate surface area is 436 Å². The fourth-order valence-corrected chi connectivity index (χ4v) is 11.2. The third-order valence-corrected chi connectivity index (χ3v) is 15.5. The predicted octanol–water partition coefficient (Wildman–Crippen LogP) is 17.6. The van der Waals surface area contributed by atoms with Gasteiger partial charge in [-0.2, -0.15) is 0 Å². The number of rotatable bonds is 6. The fourth-order valence-electron chi connectivity index (χ4n) is 11.2. The monoisotopic (exact) mass is 952 g/mol. The van der Waals surface area contributed by atoms with E-state index >= 15 is 0 Å². The topological polar surface area (TPSA) is 9.72 Å². The van der Waals surface area contributed by atoms with Crippen LogP contribution in [0.15, 0.2) is 188 Å². The highest BCUT2D eigenvalue weighted by molar-refractivity contribution is 7.00. The van der Waals surface area contributed by atoms with Gasteiger partial charge in [0.25, 0.3) is 6.71 Å². The first-order chi connectivity index (χ1) is 34.6. The van der Waals surface area contributed by atoms with Crippen LogP contribution in [-0.4, -0.2) is 6.71 Å². The zero-order chi connectivity index (χ0) is 51.4. The molecule has 0 bridgehead atoms. The highest BCUT2D eigenvalue weighted by Gasteiger charge is 2.45. The quantitative estimate of drug-likeness (QED) is 0.154. The minimum atomic E-state index is -0.0576. The highest BCUT2D eigenvalue weighted by Crippen LogP contribution is 2.50. The third-order valence-electron chi connectivity index (χ3n) is 15.5. The van der Waals surface area contributed by atoms with Gasteiger partial charge >= 0.3 is 0 Å². The van der Waals surface area contributed by atoms with Crippen molar-refractivity contribution in [3.05, 3.63) is 216 Å². The van der Waals surface area contributed by atoms with Crippen molar-refractivity contribution >= 4 is 85.1 Å². The zero-order valence-electron chi connectivity index (χ0n) is 45.3. The summed E-state index contributed by atoms with van der Waals surface area (Å²) in [7, 11) is 0. The van der Waals surface area contributed by atoms with Crippen molar-refractivity contribution < 1.29 is 0 Å². The summed E-state index contributed by atoms with van der Waals surface area (Å²) in [6, 6.07) is 72.1. The van der Waals surface area contributed by atoms with Crippen LogP contribution in [0.4, 0.5) is 51.2 Å². The third kappa shape index (κ3) is 8.63. The molecule has 3 nitrogen and oxygen atoms in total. The lowest BCUT2D eigenvalue weighted by molar-refractivity contribution is 0.590. The molecule has 0 saturated heterocycles. The number of hydrogen-bond acceptors (Lipinski definition) is 3. The van der Waals surface area contributed by atoms with Crippen molar-refractivity contribution in [1.82, 2.24) is 0 Å². The van der Waals surface area contributed by atoms with Crippen LogP contribution < -0.4 is 31.1 Å². The lowest BCUT2D eigenvalue weighted by atomic mass is 9.33. The Kier molecular flexibility index (Phi) is 11.5. The molecule has 9 aromatic rings. The Balaban J connectivity index is 1.29. The summed E-state index contributed by atoms with van der Waals surface area (Å²) in [4.78, 5) is 7.68. The number of hydrogen-bond donors (Lipinski definition) is 0. The van der Waals surface area contributed by atoms with Gasteiger partial charge in [0.1, 0.15) is 0 Å². The van der Waals surface area contributed by atoms with Crippen LogP contribution in [-0.2, 0) is 21.7 Å². The Morgan fingerprint density at radius 1 is 0.370 bits per heavy atom. The average molecular weight is 952 g/mol. The van der Waals surface area contributed by atoms with E-state index < -0.39 is 0 Å². The molecule has 0 amide bonds. The van der Waals surface area contributed by atoms with Gasteiger partial charge in [-0.3, -0.25) is 0 Å². The molecule has 2 heterocycles. The van der Waals surface area contributed by atoms with Gasteiger partial charge in [0.15, 0.2) is 0 Å². The van der Waals surface area contributed by atoms with Crippen LogP contribution >= 0.6 is 0 Å². The van der Waals surface area contributed by atoms with Gasteiger partial charge in [0, 0.05) is 45.4 Å². The second-order valence-electron chi connectivity index (χ2n) is 24.9. The first-order valence-corrected chi connectivity index (χ1v) is 26.4. The van der Waals surface area contributed by atoms with Gasteiger partial charge in [0.05, 0.1) is 11.4 Å². The van der Waals surface area contributed by atoms with E-state index in [1.807, 2.05) is 0 Å². The maximum Gasteiger partial charge on any atom is 0.252 e. The van der Waals surface area contributed by atoms with Crippen molar-refractivity contribution in [3.63, 3.8) is 0 Å². The summed E-state index contributed by atoms with van der Waals surface area (Å²) in [5, 5.41) is 2.42. The maximum atomic E-state index is 2.58. The van der Waals surface area contributed by atoms with Crippen molar-refractivity contribution in [2.24, 2.45) is 0 Å². The Bertz CT molecular complexity index is 3410. The summed E-state index contributed by atoms with van der Waals surface area (Å²) in [6.45, 7) is 30.0. The molecule has 0 spiro atoms.